The number of aromatic nitrogens is 1. The Morgan fingerprint density at radius 3 is 2.82 bits per heavy atom. The predicted molar refractivity (Wildman–Crippen MR) is 90.3 cm³/mol. The van der Waals surface area contributed by atoms with Crippen LogP contribution >= 0.6 is 23.7 Å². The molecule has 2 N–H and O–H groups in total. The Morgan fingerprint density at radius 1 is 1.41 bits per heavy atom. The largest absolute Gasteiger partial charge is 0.319 e. The molecule has 22 heavy (non-hydrogen) atoms. The summed E-state index contributed by atoms with van der Waals surface area (Å²) in [5.74, 6) is -0.427. The summed E-state index contributed by atoms with van der Waals surface area (Å²) in [7, 11) is 1.81. The van der Waals surface area contributed by atoms with Crippen LogP contribution in [0.25, 0.3) is 0 Å². The molecule has 0 spiro atoms. The van der Waals surface area contributed by atoms with E-state index in [-0.39, 0.29) is 30.0 Å². The molecule has 0 aliphatic rings. The second-order valence-electron chi connectivity index (χ2n) is 4.85. The van der Waals surface area contributed by atoms with Crippen molar-refractivity contribution < 1.29 is 9.18 Å². The van der Waals surface area contributed by atoms with Crippen LogP contribution < -0.4 is 10.6 Å². The molecule has 0 fully saturated rings. The minimum absolute atomic E-state index is 0. The summed E-state index contributed by atoms with van der Waals surface area (Å²) in [6.07, 6.45) is 2.15. The van der Waals surface area contributed by atoms with Crippen LogP contribution in [-0.4, -0.2) is 24.5 Å². The standard InChI is InChI=1S/C15H18FN3OS.ClH/c1-10(8-17-2)14(20)19-15-18-9-12(21-15)7-11-5-3-4-6-13(11)16;/h3-6,9-10,17H,7-8H2,1-2H3,(H,18,19,20);1H. The second-order valence-corrected chi connectivity index (χ2v) is 5.96. The van der Waals surface area contributed by atoms with Crippen LogP contribution in [0.2, 0.25) is 0 Å². The average Bonchev–Trinajstić information content (AvgIpc) is 2.89. The van der Waals surface area contributed by atoms with Gasteiger partial charge >= 0.3 is 0 Å². The Labute approximate surface area is 139 Å². The van der Waals surface area contributed by atoms with E-state index in [1.807, 2.05) is 13.0 Å². The number of carbonyl (C=O) groups is 1. The number of thiazole rings is 1. The van der Waals surface area contributed by atoms with Crippen molar-refractivity contribution in [2.75, 3.05) is 18.9 Å². The highest BCUT2D eigenvalue weighted by atomic mass is 35.5. The summed E-state index contributed by atoms with van der Waals surface area (Å²) < 4.78 is 13.6. The van der Waals surface area contributed by atoms with Gasteiger partial charge in [0.15, 0.2) is 5.13 Å². The van der Waals surface area contributed by atoms with Crippen LogP contribution in [0.3, 0.4) is 0 Å². The zero-order chi connectivity index (χ0) is 15.2. The van der Waals surface area contributed by atoms with E-state index >= 15 is 0 Å². The summed E-state index contributed by atoms with van der Waals surface area (Å²) in [5, 5.41) is 6.29. The van der Waals surface area contributed by atoms with Crippen molar-refractivity contribution in [3.8, 4) is 0 Å². The Balaban J connectivity index is 0.00000242. The molecule has 1 unspecified atom stereocenters. The lowest BCUT2D eigenvalue weighted by Gasteiger charge is -2.09. The summed E-state index contributed by atoms with van der Waals surface area (Å²) in [6.45, 7) is 2.46. The van der Waals surface area contributed by atoms with Gasteiger partial charge in [0.1, 0.15) is 5.82 Å². The van der Waals surface area contributed by atoms with E-state index in [4.69, 9.17) is 0 Å². The lowest BCUT2D eigenvalue weighted by atomic mass is 10.1. The third-order valence-electron chi connectivity index (χ3n) is 3.06. The van der Waals surface area contributed by atoms with Gasteiger partial charge < -0.3 is 10.6 Å². The highest BCUT2D eigenvalue weighted by Gasteiger charge is 2.14. The molecule has 0 aliphatic carbocycles. The third-order valence-corrected chi connectivity index (χ3v) is 3.98. The van der Waals surface area contributed by atoms with Crippen molar-refractivity contribution in [3.63, 3.8) is 0 Å². The minimum Gasteiger partial charge on any atom is -0.319 e. The first-order chi connectivity index (χ1) is 10.1. The van der Waals surface area contributed by atoms with Crippen LogP contribution in [0.15, 0.2) is 30.5 Å². The molecule has 2 aromatic rings. The van der Waals surface area contributed by atoms with Crippen LogP contribution in [0.4, 0.5) is 9.52 Å². The van der Waals surface area contributed by atoms with Gasteiger partial charge in [-0.2, -0.15) is 0 Å². The monoisotopic (exact) mass is 343 g/mol. The number of halogens is 2. The van der Waals surface area contributed by atoms with Gasteiger partial charge in [-0.1, -0.05) is 25.1 Å². The van der Waals surface area contributed by atoms with Crippen molar-refractivity contribution >= 4 is 34.8 Å². The first-order valence-electron chi connectivity index (χ1n) is 6.73. The zero-order valence-corrected chi connectivity index (χ0v) is 14.1. The Hall–Kier alpha value is -1.50. The van der Waals surface area contributed by atoms with E-state index < -0.39 is 0 Å². The third kappa shape index (κ3) is 5.05. The number of anilines is 1. The second kappa shape index (κ2) is 8.82. The lowest BCUT2D eigenvalue weighted by Crippen LogP contribution is -2.28. The molecular weight excluding hydrogens is 325 g/mol. The van der Waals surface area contributed by atoms with Crippen molar-refractivity contribution in [3.05, 3.63) is 46.7 Å². The smallest absolute Gasteiger partial charge is 0.230 e. The van der Waals surface area contributed by atoms with Crippen molar-refractivity contribution in [2.45, 2.75) is 13.3 Å². The van der Waals surface area contributed by atoms with Gasteiger partial charge in [0.05, 0.1) is 0 Å². The maximum Gasteiger partial charge on any atom is 0.230 e. The molecule has 1 aromatic heterocycles. The van der Waals surface area contributed by atoms with E-state index in [1.54, 1.807) is 25.4 Å². The van der Waals surface area contributed by atoms with Gasteiger partial charge in [0, 0.05) is 30.0 Å². The van der Waals surface area contributed by atoms with Crippen molar-refractivity contribution in [2.24, 2.45) is 5.92 Å². The summed E-state index contributed by atoms with van der Waals surface area (Å²) in [6, 6.07) is 6.67. The summed E-state index contributed by atoms with van der Waals surface area (Å²) in [5.41, 5.74) is 0.627. The highest BCUT2D eigenvalue weighted by molar-refractivity contribution is 7.15. The molecular formula is C15H19ClFN3OS. The topological polar surface area (TPSA) is 54.0 Å². The molecule has 0 bridgehead atoms. The molecule has 1 heterocycles. The van der Waals surface area contributed by atoms with Gasteiger partial charge in [-0.25, -0.2) is 9.37 Å². The number of nitrogens with zero attached hydrogens (tertiary/aromatic N) is 1. The summed E-state index contributed by atoms with van der Waals surface area (Å²) >= 11 is 1.37. The number of hydrogen-bond acceptors (Lipinski definition) is 4. The molecule has 1 amide bonds. The molecule has 4 nitrogen and oxygen atoms in total. The van der Waals surface area contributed by atoms with Crippen LogP contribution in [0, 0.1) is 11.7 Å². The van der Waals surface area contributed by atoms with Crippen LogP contribution in [0.5, 0.6) is 0 Å². The normalized spacial score (nSPS) is 11.6. The van der Waals surface area contributed by atoms with Crippen LogP contribution in [0.1, 0.15) is 17.4 Å². The number of amides is 1. The molecule has 0 saturated heterocycles. The Morgan fingerprint density at radius 2 is 2.14 bits per heavy atom. The number of hydrogen-bond donors (Lipinski definition) is 2. The molecule has 120 valence electrons. The first-order valence-corrected chi connectivity index (χ1v) is 7.55. The van der Waals surface area contributed by atoms with Crippen molar-refractivity contribution in [1.82, 2.24) is 10.3 Å². The van der Waals surface area contributed by atoms with E-state index in [9.17, 15) is 9.18 Å². The van der Waals surface area contributed by atoms with Gasteiger partial charge in [-0.05, 0) is 18.7 Å². The van der Waals surface area contributed by atoms with E-state index in [1.165, 1.54) is 17.4 Å². The van der Waals surface area contributed by atoms with Gasteiger partial charge in [0.25, 0.3) is 0 Å². The molecule has 0 radical (unpaired) electrons. The number of nitrogens with one attached hydrogen (secondary N) is 2. The van der Waals surface area contributed by atoms with Gasteiger partial charge in [0.2, 0.25) is 5.91 Å². The Bertz CT molecular complexity index is 620. The Kier molecular flexibility index (Phi) is 7.44. The number of carbonyl (C=O) groups excluding carboxylic acids is 1. The number of benzene rings is 1. The fourth-order valence-electron chi connectivity index (χ4n) is 1.90. The predicted octanol–water partition coefficient (Wildman–Crippen LogP) is 3.09. The molecule has 1 atom stereocenters. The maximum atomic E-state index is 13.6. The number of rotatable bonds is 6. The SMILES string of the molecule is CNCC(C)C(=O)Nc1ncc(Cc2ccccc2F)s1.Cl. The van der Waals surface area contributed by atoms with E-state index in [0.29, 0.717) is 23.7 Å². The lowest BCUT2D eigenvalue weighted by molar-refractivity contribution is -0.119. The van der Waals surface area contributed by atoms with Gasteiger partial charge in [-0.15, -0.1) is 23.7 Å². The molecule has 7 heteroatoms. The molecule has 0 aliphatic heterocycles. The van der Waals surface area contributed by atoms with E-state index in [0.717, 1.165) is 4.88 Å². The van der Waals surface area contributed by atoms with Crippen molar-refractivity contribution in [1.29, 1.82) is 0 Å². The van der Waals surface area contributed by atoms with E-state index in [2.05, 4.69) is 15.6 Å². The molecule has 1 aromatic carbocycles. The van der Waals surface area contributed by atoms with Crippen LogP contribution in [-0.2, 0) is 11.2 Å². The average molecular weight is 344 g/mol. The fourth-order valence-corrected chi connectivity index (χ4v) is 2.74. The molecule has 0 saturated carbocycles. The summed E-state index contributed by atoms with van der Waals surface area (Å²) in [4.78, 5) is 17.0. The minimum atomic E-state index is -0.223. The first kappa shape index (κ1) is 18.5. The maximum absolute atomic E-state index is 13.6. The van der Waals surface area contributed by atoms with Gasteiger partial charge in [-0.3, -0.25) is 4.79 Å². The highest BCUT2D eigenvalue weighted by Crippen LogP contribution is 2.22. The fraction of sp³-hybridized carbons (Fsp3) is 0.333. The quantitative estimate of drug-likeness (QED) is 0.847. The molecule has 2 rings (SSSR count). The zero-order valence-electron chi connectivity index (χ0n) is 12.4.